The molecule has 0 bridgehead atoms. The van der Waals surface area contributed by atoms with Gasteiger partial charge in [0.2, 0.25) is 6.79 Å². The van der Waals surface area contributed by atoms with E-state index in [9.17, 15) is 0 Å². The highest BCUT2D eigenvalue weighted by molar-refractivity contribution is 5.94. The van der Waals surface area contributed by atoms with Crippen molar-refractivity contribution in [2.24, 2.45) is 0 Å². The van der Waals surface area contributed by atoms with Crippen LogP contribution in [0.4, 0.5) is 0 Å². The lowest BCUT2D eigenvalue weighted by Gasteiger charge is -2.13. The van der Waals surface area contributed by atoms with Crippen molar-refractivity contribution in [2.45, 2.75) is 0 Å². The van der Waals surface area contributed by atoms with Gasteiger partial charge >= 0.3 is 0 Å². The smallest absolute Gasteiger partial charge is 0.231 e. The maximum Gasteiger partial charge on any atom is 0.231 e. The second-order valence-corrected chi connectivity index (χ2v) is 4.97. The van der Waals surface area contributed by atoms with Gasteiger partial charge < -0.3 is 23.9 Å². The molecule has 0 saturated carbocycles. The fraction of sp³-hybridized carbons (Fsp3) is 0.250. The average molecular weight is 313 g/mol. The normalized spacial score (nSPS) is 12.7. The molecule has 0 unspecified atom stereocenters. The standard InChI is InChI=1S/C16H15N3O4/c1-20-6-7-21-11-2-3-12-16(23-9-22-12)13(11)15-14-10(4-5-17-14)18-8-19-15/h2-5,8,17H,6-7,9H2,1H3. The minimum atomic E-state index is 0.183. The fourth-order valence-electron chi connectivity index (χ4n) is 2.60. The summed E-state index contributed by atoms with van der Waals surface area (Å²) >= 11 is 0. The molecule has 1 aliphatic rings. The van der Waals surface area contributed by atoms with Crippen LogP contribution in [0.1, 0.15) is 0 Å². The Morgan fingerprint density at radius 2 is 2.13 bits per heavy atom. The number of ether oxygens (including phenoxy) is 4. The summed E-state index contributed by atoms with van der Waals surface area (Å²) in [6.07, 6.45) is 3.36. The summed E-state index contributed by atoms with van der Waals surface area (Å²) in [4.78, 5) is 11.8. The van der Waals surface area contributed by atoms with Gasteiger partial charge in [0.15, 0.2) is 11.5 Å². The van der Waals surface area contributed by atoms with Gasteiger partial charge in [0.25, 0.3) is 0 Å². The molecule has 118 valence electrons. The fourth-order valence-corrected chi connectivity index (χ4v) is 2.60. The summed E-state index contributed by atoms with van der Waals surface area (Å²) in [6, 6.07) is 5.59. The molecule has 4 rings (SSSR count). The third-order valence-corrected chi connectivity index (χ3v) is 3.63. The number of hydrogen-bond acceptors (Lipinski definition) is 6. The number of fused-ring (bicyclic) bond motifs is 2. The largest absolute Gasteiger partial charge is 0.490 e. The Hall–Kier alpha value is -2.80. The highest BCUT2D eigenvalue weighted by atomic mass is 16.7. The third kappa shape index (κ3) is 2.35. The Labute approximate surface area is 132 Å². The molecule has 3 heterocycles. The molecule has 1 aliphatic heterocycles. The SMILES string of the molecule is COCCOc1ccc2c(c1-c1ncnc3cc[nH]c13)OCO2. The second-order valence-electron chi connectivity index (χ2n) is 4.97. The van der Waals surface area contributed by atoms with E-state index in [2.05, 4.69) is 15.0 Å². The summed E-state index contributed by atoms with van der Waals surface area (Å²) in [5.41, 5.74) is 3.13. The Bertz CT molecular complexity index is 846. The van der Waals surface area contributed by atoms with Crippen LogP contribution >= 0.6 is 0 Å². The lowest BCUT2D eigenvalue weighted by Crippen LogP contribution is -2.05. The van der Waals surface area contributed by atoms with Crippen LogP contribution in [0.2, 0.25) is 0 Å². The van der Waals surface area contributed by atoms with Gasteiger partial charge in [-0.3, -0.25) is 0 Å². The highest BCUT2D eigenvalue weighted by Crippen LogP contribution is 2.47. The van der Waals surface area contributed by atoms with Crippen LogP contribution in [-0.4, -0.2) is 42.1 Å². The van der Waals surface area contributed by atoms with Crippen molar-refractivity contribution in [3.63, 3.8) is 0 Å². The summed E-state index contributed by atoms with van der Waals surface area (Å²) in [5.74, 6) is 1.98. The first-order valence-corrected chi connectivity index (χ1v) is 7.21. The highest BCUT2D eigenvalue weighted by Gasteiger charge is 2.25. The molecule has 0 saturated heterocycles. The van der Waals surface area contributed by atoms with E-state index in [0.29, 0.717) is 30.5 Å². The molecule has 2 aromatic heterocycles. The number of aromatic amines is 1. The van der Waals surface area contributed by atoms with Gasteiger partial charge in [0, 0.05) is 13.3 Å². The maximum atomic E-state index is 5.85. The lowest BCUT2D eigenvalue weighted by atomic mass is 10.1. The van der Waals surface area contributed by atoms with Gasteiger partial charge in [-0.05, 0) is 18.2 Å². The van der Waals surface area contributed by atoms with Gasteiger partial charge in [0.05, 0.1) is 23.2 Å². The molecule has 3 aromatic rings. The van der Waals surface area contributed by atoms with E-state index in [1.54, 1.807) is 7.11 Å². The van der Waals surface area contributed by atoms with E-state index in [0.717, 1.165) is 22.3 Å². The van der Waals surface area contributed by atoms with Crippen molar-refractivity contribution in [2.75, 3.05) is 27.1 Å². The number of nitrogens with one attached hydrogen (secondary N) is 1. The van der Waals surface area contributed by atoms with Gasteiger partial charge in [-0.25, -0.2) is 9.97 Å². The van der Waals surface area contributed by atoms with Crippen LogP contribution in [0.3, 0.4) is 0 Å². The molecule has 7 heteroatoms. The number of rotatable bonds is 5. The molecule has 23 heavy (non-hydrogen) atoms. The topological polar surface area (TPSA) is 78.5 Å². The third-order valence-electron chi connectivity index (χ3n) is 3.63. The zero-order chi connectivity index (χ0) is 15.6. The Morgan fingerprint density at radius 3 is 3.04 bits per heavy atom. The molecule has 0 fully saturated rings. The maximum absolute atomic E-state index is 5.85. The summed E-state index contributed by atoms with van der Waals surface area (Å²) in [5, 5.41) is 0. The predicted octanol–water partition coefficient (Wildman–Crippen LogP) is 2.38. The molecule has 0 radical (unpaired) electrons. The number of nitrogens with zero attached hydrogens (tertiary/aromatic N) is 2. The summed E-state index contributed by atoms with van der Waals surface area (Å²) in [6.45, 7) is 1.11. The number of aromatic nitrogens is 3. The minimum Gasteiger partial charge on any atom is -0.490 e. The van der Waals surface area contributed by atoms with Gasteiger partial charge in [0.1, 0.15) is 24.4 Å². The molecule has 0 spiro atoms. The van der Waals surface area contributed by atoms with Crippen LogP contribution in [-0.2, 0) is 4.74 Å². The minimum absolute atomic E-state index is 0.183. The van der Waals surface area contributed by atoms with Crippen LogP contribution in [0, 0.1) is 0 Å². The average Bonchev–Trinajstić information content (AvgIpc) is 3.23. The van der Waals surface area contributed by atoms with Crippen LogP contribution in [0.5, 0.6) is 17.2 Å². The molecule has 0 atom stereocenters. The van der Waals surface area contributed by atoms with Crippen molar-refractivity contribution in [1.82, 2.24) is 15.0 Å². The number of H-pyrrole nitrogens is 1. The molecule has 0 aliphatic carbocycles. The van der Waals surface area contributed by atoms with E-state index in [4.69, 9.17) is 18.9 Å². The van der Waals surface area contributed by atoms with E-state index in [1.807, 2.05) is 24.4 Å². The van der Waals surface area contributed by atoms with Crippen molar-refractivity contribution in [3.8, 4) is 28.5 Å². The van der Waals surface area contributed by atoms with Crippen LogP contribution < -0.4 is 14.2 Å². The monoisotopic (exact) mass is 313 g/mol. The Morgan fingerprint density at radius 1 is 1.17 bits per heavy atom. The molecular weight excluding hydrogens is 298 g/mol. The van der Waals surface area contributed by atoms with Gasteiger partial charge in [-0.2, -0.15) is 0 Å². The van der Waals surface area contributed by atoms with E-state index >= 15 is 0 Å². The first kappa shape index (κ1) is 13.8. The number of hydrogen-bond donors (Lipinski definition) is 1. The quantitative estimate of drug-likeness (QED) is 0.729. The molecule has 0 amide bonds. The zero-order valence-corrected chi connectivity index (χ0v) is 12.5. The van der Waals surface area contributed by atoms with Crippen molar-refractivity contribution in [1.29, 1.82) is 0 Å². The van der Waals surface area contributed by atoms with Crippen LogP contribution in [0.25, 0.3) is 22.3 Å². The summed E-state index contributed by atoms with van der Waals surface area (Å²) in [7, 11) is 1.64. The molecule has 7 nitrogen and oxygen atoms in total. The first-order chi connectivity index (χ1) is 11.4. The van der Waals surface area contributed by atoms with Gasteiger partial charge in [-0.1, -0.05) is 0 Å². The van der Waals surface area contributed by atoms with E-state index < -0.39 is 0 Å². The predicted molar refractivity (Wildman–Crippen MR) is 82.8 cm³/mol. The van der Waals surface area contributed by atoms with E-state index in [-0.39, 0.29) is 6.79 Å². The number of methoxy groups -OCH3 is 1. The van der Waals surface area contributed by atoms with Gasteiger partial charge in [-0.15, -0.1) is 0 Å². The lowest BCUT2D eigenvalue weighted by molar-refractivity contribution is 0.146. The Balaban J connectivity index is 1.88. The molecule has 1 aromatic carbocycles. The second kappa shape index (κ2) is 5.77. The summed E-state index contributed by atoms with van der Waals surface area (Å²) < 4.78 is 22.0. The van der Waals surface area contributed by atoms with Crippen molar-refractivity contribution < 1.29 is 18.9 Å². The molecule has 1 N–H and O–H groups in total. The van der Waals surface area contributed by atoms with E-state index in [1.165, 1.54) is 6.33 Å². The first-order valence-electron chi connectivity index (χ1n) is 7.21. The molecular formula is C16H15N3O4. The van der Waals surface area contributed by atoms with Crippen molar-refractivity contribution >= 4 is 11.0 Å². The number of benzene rings is 1. The zero-order valence-electron chi connectivity index (χ0n) is 12.5. The van der Waals surface area contributed by atoms with Crippen molar-refractivity contribution in [3.05, 3.63) is 30.7 Å². The Kier molecular flexibility index (Phi) is 3.47. The van der Waals surface area contributed by atoms with Crippen LogP contribution in [0.15, 0.2) is 30.7 Å².